The van der Waals surface area contributed by atoms with Gasteiger partial charge in [-0.1, -0.05) is 18.2 Å². The number of benzene rings is 1. The molecule has 1 unspecified atom stereocenters. The van der Waals surface area contributed by atoms with Crippen molar-refractivity contribution in [3.8, 4) is 5.75 Å². The molecule has 1 atom stereocenters. The number of alkyl halides is 2. The summed E-state index contributed by atoms with van der Waals surface area (Å²) in [6.45, 7) is -1.69. The molecule has 0 aliphatic carbocycles. The van der Waals surface area contributed by atoms with Crippen LogP contribution in [0.15, 0.2) is 24.3 Å². The second-order valence-electron chi connectivity index (χ2n) is 4.31. The third-order valence-electron chi connectivity index (χ3n) is 3.17. The smallest absolute Gasteiger partial charge is 0.387 e. The minimum Gasteiger partial charge on any atom is -0.434 e. The van der Waals surface area contributed by atoms with Crippen molar-refractivity contribution < 1.29 is 23.4 Å². The van der Waals surface area contributed by atoms with E-state index in [0.29, 0.717) is 18.8 Å². The number of halogens is 2. The Morgan fingerprint density at radius 1 is 1.22 bits per heavy atom. The molecule has 1 N–H and O–H groups in total. The van der Waals surface area contributed by atoms with Gasteiger partial charge in [-0.05, 0) is 24.8 Å². The number of aliphatic hydroxyl groups is 1. The average molecular weight is 258 g/mol. The summed E-state index contributed by atoms with van der Waals surface area (Å²) >= 11 is 0. The quantitative estimate of drug-likeness (QED) is 0.902. The lowest BCUT2D eigenvalue weighted by Gasteiger charge is -2.27. The van der Waals surface area contributed by atoms with Crippen LogP contribution in [0.1, 0.15) is 24.5 Å². The van der Waals surface area contributed by atoms with Gasteiger partial charge in [0.25, 0.3) is 0 Å². The first kappa shape index (κ1) is 13.2. The highest BCUT2D eigenvalue weighted by Crippen LogP contribution is 2.35. The SMILES string of the molecule is OC(c1ccccc1OC(F)F)C1CCOCC1. The van der Waals surface area contributed by atoms with E-state index in [9.17, 15) is 13.9 Å². The fourth-order valence-corrected chi connectivity index (χ4v) is 2.21. The van der Waals surface area contributed by atoms with Gasteiger partial charge in [0, 0.05) is 18.8 Å². The molecule has 1 aromatic carbocycles. The van der Waals surface area contributed by atoms with Gasteiger partial charge in [-0.25, -0.2) is 0 Å². The van der Waals surface area contributed by atoms with Crippen LogP contribution in [0.5, 0.6) is 5.75 Å². The van der Waals surface area contributed by atoms with E-state index in [-0.39, 0.29) is 11.7 Å². The van der Waals surface area contributed by atoms with Gasteiger partial charge in [-0.3, -0.25) is 0 Å². The van der Waals surface area contributed by atoms with Crippen LogP contribution in [0, 0.1) is 5.92 Å². The van der Waals surface area contributed by atoms with E-state index in [1.165, 1.54) is 6.07 Å². The molecular weight excluding hydrogens is 242 g/mol. The van der Waals surface area contributed by atoms with E-state index in [1.807, 2.05) is 0 Å². The summed E-state index contributed by atoms with van der Waals surface area (Å²) in [6.07, 6.45) is 0.665. The molecule has 3 nitrogen and oxygen atoms in total. The van der Waals surface area contributed by atoms with Crippen LogP contribution >= 0.6 is 0 Å². The van der Waals surface area contributed by atoms with Crippen molar-refractivity contribution >= 4 is 0 Å². The Morgan fingerprint density at radius 2 is 1.89 bits per heavy atom. The molecular formula is C13H16F2O3. The Labute approximate surface area is 104 Å². The molecule has 0 radical (unpaired) electrons. The molecule has 100 valence electrons. The predicted octanol–water partition coefficient (Wildman–Crippen LogP) is 2.75. The molecule has 0 saturated carbocycles. The maximum absolute atomic E-state index is 12.3. The largest absolute Gasteiger partial charge is 0.434 e. The Kier molecular flexibility index (Phi) is 4.49. The van der Waals surface area contributed by atoms with Crippen LogP contribution in [0.3, 0.4) is 0 Å². The zero-order valence-electron chi connectivity index (χ0n) is 9.89. The number of para-hydroxylation sites is 1. The Morgan fingerprint density at radius 3 is 2.56 bits per heavy atom. The van der Waals surface area contributed by atoms with Gasteiger partial charge >= 0.3 is 6.61 Å². The second-order valence-corrected chi connectivity index (χ2v) is 4.31. The van der Waals surface area contributed by atoms with E-state index in [4.69, 9.17) is 4.74 Å². The number of hydrogen-bond donors (Lipinski definition) is 1. The Hall–Kier alpha value is -1.20. The molecule has 1 aliphatic rings. The number of rotatable bonds is 4. The maximum atomic E-state index is 12.3. The summed E-state index contributed by atoms with van der Waals surface area (Å²) in [5.74, 6) is 0.0765. The van der Waals surface area contributed by atoms with E-state index >= 15 is 0 Å². The first-order valence-corrected chi connectivity index (χ1v) is 5.98. The van der Waals surface area contributed by atoms with Crippen molar-refractivity contribution in [2.45, 2.75) is 25.6 Å². The van der Waals surface area contributed by atoms with Crippen LogP contribution < -0.4 is 4.74 Å². The molecule has 18 heavy (non-hydrogen) atoms. The Bertz CT molecular complexity index is 378. The summed E-state index contributed by atoms with van der Waals surface area (Å²) in [5, 5.41) is 10.3. The molecule has 1 saturated heterocycles. The van der Waals surface area contributed by atoms with Crippen molar-refractivity contribution in [2.24, 2.45) is 5.92 Å². The van der Waals surface area contributed by atoms with Crippen LogP contribution in [-0.2, 0) is 4.74 Å². The van der Waals surface area contributed by atoms with Crippen molar-refractivity contribution in [3.05, 3.63) is 29.8 Å². The molecule has 1 fully saturated rings. The third kappa shape index (κ3) is 3.17. The number of aliphatic hydroxyl groups excluding tert-OH is 1. The zero-order valence-corrected chi connectivity index (χ0v) is 9.89. The van der Waals surface area contributed by atoms with E-state index in [0.717, 1.165) is 12.8 Å². The van der Waals surface area contributed by atoms with Crippen LogP contribution in [0.4, 0.5) is 8.78 Å². The average Bonchev–Trinajstić information content (AvgIpc) is 2.39. The molecule has 1 aliphatic heterocycles. The van der Waals surface area contributed by atoms with E-state index in [2.05, 4.69) is 4.74 Å². The maximum Gasteiger partial charge on any atom is 0.387 e. The Balaban J connectivity index is 2.15. The van der Waals surface area contributed by atoms with Gasteiger partial charge in [0.15, 0.2) is 0 Å². The molecule has 5 heteroatoms. The standard InChI is InChI=1S/C13H16F2O3/c14-13(15)18-11-4-2-1-3-10(11)12(16)9-5-7-17-8-6-9/h1-4,9,12-13,16H,5-8H2. The van der Waals surface area contributed by atoms with E-state index in [1.54, 1.807) is 18.2 Å². The fourth-order valence-electron chi connectivity index (χ4n) is 2.21. The van der Waals surface area contributed by atoms with Crippen LogP contribution in [-0.4, -0.2) is 24.9 Å². The molecule has 2 rings (SSSR count). The summed E-state index contributed by atoms with van der Waals surface area (Å²) in [4.78, 5) is 0. The topological polar surface area (TPSA) is 38.7 Å². The third-order valence-corrected chi connectivity index (χ3v) is 3.17. The van der Waals surface area contributed by atoms with Crippen molar-refractivity contribution in [1.82, 2.24) is 0 Å². The highest BCUT2D eigenvalue weighted by atomic mass is 19.3. The number of hydrogen-bond acceptors (Lipinski definition) is 3. The molecule has 0 bridgehead atoms. The monoisotopic (exact) mass is 258 g/mol. The van der Waals surface area contributed by atoms with Crippen molar-refractivity contribution in [3.63, 3.8) is 0 Å². The summed E-state index contributed by atoms with van der Waals surface area (Å²) < 4.78 is 34.2. The van der Waals surface area contributed by atoms with Gasteiger partial charge in [-0.2, -0.15) is 8.78 Å². The summed E-state index contributed by atoms with van der Waals surface area (Å²) in [6, 6.07) is 6.38. The highest BCUT2D eigenvalue weighted by molar-refractivity contribution is 5.35. The van der Waals surface area contributed by atoms with Crippen molar-refractivity contribution in [2.75, 3.05) is 13.2 Å². The molecule has 1 aromatic rings. The molecule has 1 heterocycles. The lowest BCUT2D eigenvalue weighted by Crippen LogP contribution is -2.22. The first-order valence-electron chi connectivity index (χ1n) is 5.98. The normalized spacial score (nSPS) is 18.9. The fraction of sp³-hybridized carbons (Fsp3) is 0.538. The molecule has 0 aromatic heterocycles. The van der Waals surface area contributed by atoms with Gasteiger partial charge in [0.05, 0.1) is 6.10 Å². The van der Waals surface area contributed by atoms with Crippen molar-refractivity contribution in [1.29, 1.82) is 0 Å². The predicted molar refractivity (Wildman–Crippen MR) is 61.6 cm³/mol. The lowest BCUT2D eigenvalue weighted by atomic mass is 9.89. The molecule has 0 spiro atoms. The number of ether oxygens (including phenoxy) is 2. The van der Waals surface area contributed by atoms with Gasteiger partial charge in [0.2, 0.25) is 0 Å². The highest BCUT2D eigenvalue weighted by Gasteiger charge is 2.26. The summed E-state index contributed by atoms with van der Waals surface area (Å²) in [5.41, 5.74) is 0.421. The first-order chi connectivity index (χ1) is 8.68. The van der Waals surface area contributed by atoms with E-state index < -0.39 is 12.7 Å². The zero-order chi connectivity index (χ0) is 13.0. The summed E-state index contributed by atoms with van der Waals surface area (Å²) in [7, 11) is 0. The van der Waals surface area contributed by atoms with Crippen LogP contribution in [0.25, 0.3) is 0 Å². The van der Waals surface area contributed by atoms with Gasteiger partial charge in [-0.15, -0.1) is 0 Å². The lowest BCUT2D eigenvalue weighted by molar-refractivity contribution is -0.0534. The molecule has 0 amide bonds. The minimum atomic E-state index is -2.88. The van der Waals surface area contributed by atoms with Gasteiger partial charge in [0.1, 0.15) is 5.75 Å². The second kappa shape index (κ2) is 6.11. The van der Waals surface area contributed by atoms with Gasteiger partial charge < -0.3 is 14.6 Å². The van der Waals surface area contributed by atoms with Crippen LogP contribution in [0.2, 0.25) is 0 Å². The minimum absolute atomic E-state index is 0.0289.